The molecule has 1 aromatic rings. The predicted molar refractivity (Wildman–Crippen MR) is 82.3 cm³/mol. The Balaban J connectivity index is 1.92. The Morgan fingerprint density at radius 3 is 2.86 bits per heavy atom. The first-order valence-corrected chi connectivity index (χ1v) is 7.66. The molecule has 118 valence electrons. The Morgan fingerprint density at radius 1 is 1.50 bits per heavy atom. The third-order valence-corrected chi connectivity index (χ3v) is 3.89. The maximum atomic E-state index is 12.4. The first-order valence-electron chi connectivity index (χ1n) is 7.66. The van der Waals surface area contributed by atoms with Gasteiger partial charge in [0.05, 0.1) is 12.5 Å². The van der Waals surface area contributed by atoms with Crippen molar-refractivity contribution < 1.29 is 14.6 Å². The number of carbonyl (C=O) groups is 1. The molecule has 1 aliphatic rings. The number of aliphatic hydroxyl groups is 1. The Hall–Kier alpha value is -2.06. The number of hydrogen-bond donors (Lipinski definition) is 1. The average molecular weight is 302 g/mol. The molecule has 1 heterocycles. The van der Waals surface area contributed by atoms with Crippen molar-refractivity contribution in [2.24, 2.45) is 0 Å². The zero-order valence-electron chi connectivity index (χ0n) is 12.9. The summed E-state index contributed by atoms with van der Waals surface area (Å²) in [5.74, 6) is 0.736. The van der Waals surface area contributed by atoms with Gasteiger partial charge in [0.15, 0.2) is 6.61 Å². The molecule has 0 saturated carbocycles. The molecule has 2 atom stereocenters. The van der Waals surface area contributed by atoms with E-state index in [0.29, 0.717) is 18.6 Å². The summed E-state index contributed by atoms with van der Waals surface area (Å²) in [6.07, 6.45) is 2.60. The lowest BCUT2D eigenvalue weighted by Gasteiger charge is -2.25. The number of rotatable bonds is 6. The Bertz CT molecular complexity index is 534. The molecule has 1 saturated heterocycles. The molecule has 1 aromatic carbocycles. The summed E-state index contributed by atoms with van der Waals surface area (Å²) in [6.45, 7) is 2.56. The van der Waals surface area contributed by atoms with Gasteiger partial charge in [0.1, 0.15) is 11.8 Å². The van der Waals surface area contributed by atoms with Gasteiger partial charge in [-0.15, -0.1) is 0 Å². The van der Waals surface area contributed by atoms with Crippen molar-refractivity contribution in [1.82, 2.24) is 4.90 Å². The van der Waals surface area contributed by atoms with E-state index in [1.165, 1.54) is 0 Å². The van der Waals surface area contributed by atoms with Crippen LogP contribution in [0.4, 0.5) is 0 Å². The molecule has 1 aliphatic heterocycles. The second kappa shape index (κ2) is 7.81. The lowest BCUT2D eigenvalue weighted by molar-refractivity contribution is -0.131. The molecule has 0 aromatic heterocycles. The molecule has 5 heteroatoms. The van der Waals surface area contributed by atoms with Crippen molar-refractivity contribution in [1.29, 1.82) is 5.26 Å². The summed E-state index contributed by atoms with van der Waals surface area (Å²) < 4.78 is 5.19. The van der Waals surface area contributed by atoms with Crippen molar-refractivity contribution in [2.45, 2.75) is 44.8 Å². The van der Waals surface area contributed by atoms with Gasteiger partial charge >= 0.3 is 0 Å². The molecule has 0 bridgehead atoms. The highest BCUT2D eigenvalue weighted by Crippen LogP contribution is 2.23. The summed E-state index contributed by atoms with van der Waals surface area (Å²) in [5.41, 5.74) is 0.928. The topological polar surface area (TPSA) is 73.6 Å². The largest absolute Gasteiger partial charge is 0.479 e. The van der Waals surface area contributed by atoms with E-state index in [1.54, 1.807) is 19.1 Å². The Morgan fingerprint density at radius 2 is 2.23 bits per heavy atom. The molecule has 0 radical (unpaired) electrons. The molecule has 1 N–H and O–H groups in total. The van der Waals surface area contributed by atoms with E-state index in [0.717, 1.165) is 24.9 Å². The zero-order chi connectivity index (χ0) is 15.9. The number of amides is 1. The molecular weight excluding hydrogens is 280 g/mol. The monoisotopic (exact) mass is 302 g/mol. The summed E-state index contributed by atoms with van der Waals surface area (Å²) in [4.78, 5) is 14.3. The van der Waals surface area contributed by atoms with E-state index in [9.17, 15) is 9.90 Å². The first-order chi connectivity index (χ1) is 10.6. The smallest absolute Gasteiger partial charge is 0.227 e. The van der Waals surface area contributed by atoms with Crippen LogP contribution in [0.25, 0.3) is 0 Å². The van der Waals surface area contributed by atoms with Crippen LogP contribution in [-0.2, 0) is 11.2 Å². The number of hydrogen-bond acceptors (Lipinski definition) is 4. The molecule has 5 nitrogen and oxygen atoms in total. The van der Waals surface area contributed by atoms with Gasteiger partial charge in [-0.25, -0.2) is 0 Å². The van der Waals surface area contributed by atoms with Gasteiger partial charge in [0, 0.05) is 12.6 Å². The second-order valence-corrected chi connectivity index (χ2v) is 5.74. The summed E-state index contributed by atoms with van der Waals surface area (Å²) >= 11 is 0. The minimum absolute atomic E-state index is 0.0209. The van der Waals surface area contributed by atoms with Crippen LogP contribution in [0.5, 0.6) is 5.75 Å². The van der Waals surface area contributed by atoms with Gasteiger partial charge in [-0.3, -0.25) is 4.79 Å². The van der Waals surface area contributed by atoms with Gasteiger partial charge in [-0.1, -0.05) is 12.1 Å². The fourth-order valence-electron chi connectivity index (χ4n) is 2.90. The predicted octanol–water partition coefficient (Wildman–Crippen LogP) is 1.89. The van der Waals surface area contributed by atoms with Crippen LogP contribution >= 0.6 is 0 Å². The minimum Gasteiger partial charge on any atom is -0.479 e. The zero-order valence-corrected chi connectivity index (χ0v) is 12.9. The first kappa shape index (κ1) is 16.3. The van der Waals surface area contributed by atoms with E-state index >= 15 is 0 Å². The van der Waals surface area contributed by atoms with Gasteiger partial charge in [-0.2, -0.15) is 5.26 Å². The highest BCUT2D eigenvalue weighted by Gasteiger charge is 2.29. The number of carbonyl (C=O) groups excluding carboxylic acids is 1. The highest BCUT2D eigenvalue weighted by atomic mass is 16.5. The van der Waals surface area contributed by atoms with Crippen molar-refractivity contribution in [2.75, 3.05) is 13.2 Å². The van der Waals surface area contributed by atoms with Crippen LogP contribution < -0.4 is 4.74 Å². The maximum Gasteiger partial charge on any atom is 0.227 e. The van der Waals surface area contributed by atoms with Crippen LogP contribution in [0, 0.1) is 11.3 Å². The fraction of sp³-hybridized carbons (Fsp3) is 0.529. The van der Waals surface area contributed by atoms with Gasteiger partial charge in [0.2, 0.25) is 5.91 Å². The van der Waals surface area contributed by atoms with Gasteiger partial charge < -0.3 is 14.7 Å². The number of likely N-dealkylation sites (tertiary alicyclic amines) is 1. The Kier molecular flexibility index (Phi) is 5.79. The summed E-state index contributed by atoms with van der Waals surface area (Å²) in [7, 11) is 0. The van der Waals surface area contributed by atoms with E-state index in [1.807, 2.05) is 23.1 Å². The fourth-order valence-corrected chi connectivity index (χ4v) is 2.90. The molecule has 1 fully saturated rings. The highest BCUT2D eigenvalue weighted by molar-refractivity contribution is 5.79. The third kappa shape index (κ3) is 4.47. The SMILES string of the molecule is CC(O)CC1CCCN1C(=O)Cc1ccc(OCC#N)cc1. The average Bonchev–Trinajstić information content (AvgIpc) is 2.94. The quantitative estimate of drug-likeness (QED) is 0.871. The molecule has 1 amide bonds. The van der Waals surface area contributed by atoms with Crippen molar-refractivity contribution in [3.05, 3.63) is 29.8 Å². The van der Waals surface area contributed by atoms with Crippen LogP contribution in [0.15, 0.2) is 24.3 Å². The van der Waals surface area contributed by atoms with E-state index < -0.39 is 0 Å². The van der Waals surface area contributed by atoms with Crippen molar-refractivity contribution in [3.8, 4) is 11.8 Å². The van der Waals surface area contributed by atoms with E-state index in [2.05, 4.69) is 0 Å². The molecule has 22 heavy (non-hydrogen) atoms. The number of ether oxygens (including phenoxy) is 1. The lowest BCUT2D eigenvalue weighted by Crippen LogP contribution is -2.38. The number of aliphatic hydroxyl groups excluding tert-OH is 1. The van der Waals surface area contributed by atoms with Crippen LogP contribution in [0.1, 0.15) is 31.7 Å². The van der Waals surface area contributed by atoms with Crippen LogP contribution in [0.3, 0.4) is 0 Å². The molecule has 2 unspecified atom stereocenters. The minimum atomic E-state index is -0.380. The third-order valence-electron chi connectivity index (χ3n) is 3.89. The van der Waals surface area contributed by atoms with Crippen LogP contribution in [0.2, 0.25) is 0 Å². The Labute approximate surface area is 131 Å². The summed E-state index contributed by atoms with van der Waals surface area (Å²) in [5, 5.41) is 18.0. The number of benzene rings is 1. The van der Waals surface area contributed by atoms with Gasteiger partial charge in [-0.05, 0) is 43.9 Å². The maximum absolute atomic E-state index is 12.4. The molecule has 0 aliphatic carbocycles. The standard InChI is InChI=1S/C17H22N2O3/c1-13(20)11-15-3-2-9-19(15)17(21)12-14-4-6-16(7-5-14)22-10-8-18/h4-7,13,15,20H,2-3,9-12H2,1H3. The second-order valence-electron chi connectivity index (χ2n) is 5.74. The van der Waals surface area contributed by atoms with Crippen molar-refractivity contribution >= 4 is 5.91 Å². The number of nitriles is 1. The van der Waals surface area contributed by atoms with Crippen LogP contribution in [-0.4, -0.2) is 41.2 Å². The molecule has 2 rings (SSSR count). The molecular formula is C17H22N2O3. The summed E-state index contributed by atoms with van der Waals surface area (Å²) in [6, 6.07) is 9.33. The number of nitrogens with zero attached hydrogens (tertiary/aromatic N) is 2. The lowest BCUT2D eigenvalue weighted by atomic mass is 10.1. The normalized spacial score (nSPS) is 18.8. The van der Waals surface area contributed by atoms with Gasteiger partial charge in [0.25, 0.3) is 0 Å². The van der Waals surface area contributed by atoms with E-state index in [-0.39, 0.29) is 24.7 Å². The molecule has 0 spiro atoms. The van der Waals surface area contributed by atoms with E-state index in [4.69, 9.17) is 10.00 Å². The van der Waals surface area contributed by atoms with Crippen molar-refractivity contribution in [3.63, 3.8) is 0 Å².